The van der Waals surface area contributed by atoms with Gasteiger partial charge in [-0.2, -0.15) is 0 Å². The summed E-state index contributed by atoms with van der Waals surface area (Å²) in [6, 6.07) is 11.0. The SMILES string of the molecule is Cc1sc(CN2CCNCc3ccccc32)cc1Br. The molecule has 3 rings (SSSR count). The molecule has 19 heavy (non-hydrogen) atoms. The van der Waals surface area contributed by atoms with E-state index in [-0.39, 0.29) is 0 Å². The van der Waals surface area contributed by atoms with Gasteiger partial charge in [0.2, 0.25) is 0 Å². The zero-order valence-electron chi connectivity index (χ0n) is 10.9. The second kappa shape index (κ2) is 5.65. The van der Waals surface area contributed by atoms with Gasteiger partial charge in [0, 0.05) is 39.5 Å². The van der Waals surface area contributed by atoms with Gasteiger partial charge in [0.25, 0.3) is 0 Å². The largest absolute Gasteiger partial charge is 0.365 e. The van der Waals surface area contributed by atoms with Gasteiger partial charge in [0.05, 0.1) is 6.54 Å². The molecule has 1 N–H and O–H groups in total. The second-order valence-electron chi connectivity index (χ2n) is 4.84. The summed E-state index contributed by atoms with van der Waals surface area (Å²) < 4.78 is 1.23. The molecule has 0 bridgehead atoms. The third-order valence-electron chi connectivity index (χ3n) is 3.46. The lowest BCUT2D eigenvalue weighted by Crippen LogP contribution is -2.27. The predicted molar refractivity (Wildman–Crippen MR) is 86.0 cm³/mol. The van der Waals surface area contributed by atoms with E-state index in [0.29, 0.717) is 0 Å². The van der Waals surface area contributed by atoms with Crippen molar-refractivity contribution in [2.45, 2.75) is 20.0 Å². The monoisotopic (exact) mass is 336 g/mol. The zero-order valence-corrected chi connectivity index (χ0v) is 13.4. The zero-order chi connectivity index (χ0) is 13.2. The molecule has 0 atom stereocenters. The van der Waals surface area contributed by atoms with Crippen LogP contribution < -0.4 is 10.2 Å². The Bertz CT molecular complexity index is 560. The molecule has 1 aromatic heterocycles. The highest BCUT2D eigenvalue weighted by molar-refractivity contribution is 9.10. The standard InChI is InChI=1S/C15H17BrN2S/c1-11-14(16)8-13(19-11)10-18-7-6-17-9-12-4-2-3-5-15(12)18/h2-5,8,17H,6-7,9-10H2,1H3. The minimum atomic E-state index is 0.972. The Morgan fingerprint density at radius 2 is 2.21 bits per heavy atom. The van der Waals surface area contributed by atoms with Crippen LogP contribution in [0, 0.1) is 6.92 Å². The van der Waals surface area contributed by atoms with E-state index in [2.05, 4.69) is 63.4 Å². The van der Waals surface area contributed by atoms with Crippen LogP contribution >= 0.6 is 27.3 Å². The number of hydrogen-bond acceptors (Lipinski definition) is 3. The highest BCUT2D eigenvalue weighted by Crippen LogP contribution is 2.30. The Labute approximate surface area is 126 Å². The normalized spacial score (nSPS) is 15.2. The number of rotatable bonds is 2. The van der Waals surface area contributed by atoms with Crippen molar-refractivity contribution in [1.82, 2.24) is 5.32 Å². The molecule has 0 unspecified atom stereocenters. The third kappa shape index (κ3) is 2.86. The molecule has 0 fully saturated rings. The van der Waals surface area contributed by atoms with Gasteiger partial charge in [-0.3, -0.25) is 0 Å². The van der Waals surface area contributed by atoms with Gasteiger partial charge in [-0.15, -0.1) is 11.3 Å². The predicted octanol–water partition coefficient (Wildman–Crippen LogP) is 3.93. The fourth-order valence-electron chi connectivity index (χ4n) is 2.47. The summed E-state index contributed by atoms with van der Waals surface area (Å²) >= 11 is 5.49. The maximum Gasteiger partial charge on any atom is 0.0523 e. The maximum atomic E-state index is 3.61. The first-order valence-corrected chi connectivity index (χ1v) is 8.13. The quantitative estimate of drug-likeness (QED) is 0.893. The summed E-state index contributed by atoms with van der Waals surface area (Å²) in [5.41, 5.74) is 2.77. The van der Waals surface area contributed by atoms with Gasteiger partial charge < -0.3 is 10.2 Å². The lowest BCUT2D eigenvalue weighted by Gasteiger charge is -2.23. The summed E-state index contributed by atoms with van der Waals surface area (Å²) in [6.45, 7) is 6.23. The molecule has 0 amide bonds. The lowest BCUT2D eigenvalue weighted by atomic mass is 10.1. The maximum absolute atomic E-state index is 3.61. The molecule has 2 heterocycles. The number of para-hydroxylation sites is 1. The van der Waals surface area contributed by atoms with Crippen LogP contribution in [0.3, 0.4) is 0 Å². The Hall–Kier alpha value is -0.840. The van der Waals surface area contributed by atoms with Gasteiger partial charge in [-0.1, -0.05) is 18.2 Å². The average molecular weight is 337 g/mol. The number of hydrogen-bond donors (Lipinski definition) is 1. The number of nitrogens with one attached hydrogen (secondary N) is 1. The summed E-state index contributed by atoms with van der Waals surface area (Å²) in [4.78, 5) is 5.25. The van der Waals surface area contributed by atoms with Crippen molar-refractivity contribution in [1.29, 1.82) is 0 Å². The van der Waals surface area contributed by atoms with Gasteiger partial charge in [-0.05, 0) is 40.5 Å². The lowest BCUT2D eigenvalue weighted by molar-refractivity contribution is 0.690. The van der Waals surface area contributed by atoms with Crippen LogP contribution in [-0.2, 0) is 13.1 Å². The smallest absolute Gasteiger partial charge is 0.0523 e. The number of benzene rings is 1. The highest BCUT2D eigenvalue weighted by Gasteiger charge is 2.15. The fraction of sp³-hybridized carbons (Fsp3) is 0.333. The minimum absolute atomic E-state index is 0.972. The third-order valence-corrected chi connectivity index (χ3v) is 5.58. The Morgan fingerprint density at radius 3 is 3.00 bits per heavy atom. The molecule has 2 nitrogen and oxygen atoms in total. The van der Waals surface area contributed by atoms with E-state index < -0.39 is 0 Å². The Morgan fingerprint density at radius 1 is 1.37 bits per heavy atom. The molecule has 0 radical (unpaired) electrons. The molecule has 4 heteroatoms. The molecule has 0 aliphatic carbocycles. The number of aryl methyl sites for hydroxylation is 1. The van der Waals surface area contributed by atoms with Crippen molar-refractivity contribution in [2.24, 2.45) is 0 Å². The fourth-order valence-corrected chi connectivity index (χ4v) is 4.09. The van der Waals surface area contributed by atoms with Crippen LogP contribution in [0.25, 0.3) is 0 Å². The van der Waals surface area contributed by atoms with Crippen LogP contribution in [0.4, 0.5) is 5.69 Å². The van der Waals surface area contributed by atoms with Crippen molar-refractivity contribution in [3.05, 3.63) is 50.1 Å². The average Bonchev–Trinajstić information content (AvgIpc) is 2.62. The summed E-state index contributed by atoms with van der Waals surface area (Å²) in [7, 11) is 0. The summed E-state index contributed by atoms with van der Waals surface area (Å²) in [6.07, 6.45) is 0. The highest BCUT2D eigenvalue weighted by atomic mass is 79.9. The number of nitrogens with zero attached hydrogens (tertiary/aromatic N) is 1. The summed E-state index contributed by atoms with van der Waals surface area (Å²) in [5, 5.41) is 3.49. The number of anilines is 1. The van der Waals surface area contributed by atoms with Gasteiger partial charge in [-0.25, -0.2) is 0 Å². The van der Waals surface area contributed by atoms with E-state index in [1.165, 1.54) is 25.5 Å². The molecule has 2 aromatic rings. The first-order valence-electron chi connectivity index (χ1n) is 6.52. The van der Waals surface area contributed by atoms with Gasteiger partial charge in [0.15, 0.2) is 0 Å². The molecular formula is C15H17BrN2S. The van der Waals surface area contributed by atoms with E-state index in [1.54, 1.807) is 0 Å². The van der Waals surface area contributed by atoms with Crippen LogP contribution in [0.2, 0.25) is 0 Å². The van der Waals surface area contributed by atoms with E-state index >= 15 is 0 Å². The number of thiophene rings is 1. The molecule has 1 aliphatic heterocycles. The van der Waals surface area contributed by atoms with Crippen molar-refractivity contribution in [3.8, 4) is 0 Å². The van der Waals surface area contributed by atoms with Crippen LogP contribution in [0.5, 0.6) is 0 Å². The van der Waals surface area contributed by atoms with Crippen molar-refractivity contribution in [2.75, 3.05) is 18.0 Å². The van der Waals surface area contributed by atoms with Crippen LogP contribution in [0.15, 0.2) is 34.8 Å². The van der Waals surface area contributed by atoms with E-state index in [0.717, 1.165) is 26.2 Å². The molecule has 0 saturated heterocycles. The summed E-state index contributed by atoms with van der Waals surface area (Å²) in [5.74, 6) is 0. The van der Waals surface area contributed by atoms with Crippen LogP contribution in [0.1, 0.15) is 15.3 Å². The van der Waals surface area contributed by atoms with Gasteiger partial charge in [0.1, 0.15) is 0 Å². The molecule has 0 saturated carbocycles. The van der Waals surface area contributed by atoms with Gasteiger partial charge >= 0.3 is 0 Å². The van der Waals surface area contributed by atoms with Crippen molar-refractivity contribution < 1.29 is 0 Å². The van der Waals surface area contributed by atoms with Crippen molar-refractivity contribution >= 4 is 33.0 Å². The second-order valence-corrected chi connectivity index (χ2v) is 7.04. The Kier molecular flexibility index (Phi) is 3.91. The molecule has 0 spiro atoms. The van der Waals surface area contributed by atoms with E-state index in [1.807, 2.05) is 11.3 Å². The first-order chi connectivity index (χ1) is 9.24. The minimum Gasteiger partial charge on any atom is -0.365 e. The number of fused-ring (bicyclic) bond motifs is 1. The number of halogens is 1. The van der Waals surface area contributed by atoms with Crippen LogP contribution in [-0.4, -0.2) is 13.1 Å². The molecule has 1 aromatic carbocycles. The van der Waals surface area contributed by atoms with E-state index in [4.69, 9.17) is 0 Å². The van der Waals surface area contributed by atoms with Crippen molar-refractivity contribution in [3.63, 3.8) is 0 Å². The first kappa shape index (κ1) is 13.2. The topological polar surface area (TPSA) is 15.3 Å². The Balaban J connectivity index is 1.88. The molecule has 100 valence electrons. The molecule has 1 aliphatic rings. The van der Waals surface area contributed by atoms with E-state index in [9.17, 15) is 0 Å². The molecular weight excluding hydrogens is 320 g/mol.